The molecule has 2 heteroatoms. The molecule has 154 valence electrons. The van der Waals surface area contributed by atoms with Crippen molar-refractivity contribution in [1.82, 2.24) is 0 Å². The van der Waals surface area contributed by atoms with Crippen LogP contribution in [0, 0.1) is 5.92 Å². The molecule has 0 saturated carbocycles. The molecule has 0 aliphatic carbocycles. The Labute approximate surface area is 163 Å². The van der Waals surface area contributed by atoms with Crippen molar-refractivity contribution < 1.29 is 9.90 Å². The van der Waals surface area contributed by atoms with Gasteiger partial charge in [0, 0.05) is 0 Å². The van der Waals surface area contributed by atoms with Crippen LogP contribution in [0.3, 0.4) is 0 Å². The number of rotatable bonds is 21. The zero-order valence-corrected chi connectivity index (χ0v) is 17.7. The molecule has 0 saturated heterocycles. The second kappa shape index (κ2) is 20.5. The van der Waals surface area contributed by atoms with Crippen LogP contribution in [0.1, 0.15) is 129 Å². The number of unbranched alkanes of at least 4 members (excludes halogenated alkanes) is 17. The fraction of sp³-hybridized carbons (Fsp3) is 0.875. The lowest BCUT2D eigenvalue weighted by atomic mass is 10.0. The molecule has 0 aliphatic heterocycles. The van der Waals surface area contributed by atoms with Crippen molar-refractivity contribution in [3.63, 3.8) is 0 Å². The fourth-order valence-electron chi connectivity index (χ4n) is 3.51. The van der Waals surface area contributed by atoms with Crippen molar-refractivity contribution >= 4 is 5.97 Å². The fourth-order valence-corrected chi connectivity index (χ4v) is 3.51. The van der Waals surface area contributed by atoms with E-state index in [4.69, 9.17) is 5.11 Å². The molecule has 0 fully saturated rings. The van der Waals surface area contributed by atoms with Crippen LogP contribution in [0.25, 0.3) is 0 Å². The van der Waals surface area contributed by atoms with Crippen LogP contribution in [0.5, 0.6) is 0 Å². The van der Waals surface area contributed by atoms with E-state index in [1.54, 1.807) is 0 Å². The van der Waals surface area contributed by atoms with Gasteiger partial charge in [0.15, 0.2) is 0 Å². The Morgan fingerprint density at radius 2 is 1.00 bits per heavy atom. The maximum atomic E-state index is 10.7. The van der Waals surface area contributed by atoms with Gasteiger partial charge in [0.2, 0.25) is 0 Å². The van der Waals surface area contributed by atoms with Gasteiger partial charge in [-0.25, -0.2) is 0 Å². The monoisotopic (exact) mass is 366 g/mol. The number of carboxylic acids is 1. The molecule has 0 bridgehead atoms. The Morgan fingerprint density at radius 3 is 1.31 bits per heavy atom. The van der Waals surface area contributed by atoms with Crippen molar-refractivity contribution in [2.45, 2.75) is 129 Å². The Morgan fingerprint density at radius 1 is 0.692 bits per heavy atom. The average molecular weight is 367 g/mol. The lowest BCUT2D eigenvalue weighted by molar-refractivity contribution is -0.141. The summed E-state index contributed by atoms with van der Waals surface area (Å²) in [6.45, 7) is 5.58. The van der Waals surface area contributed by atoms with Gasteiger partial charge >= 0.3 is 5.97 Å². The molecule has 0 rings (SSSR count). The van der Waals surface area contributed by atoms with Crippen LogP contribution in [0.4, 0.5) is 0 Å². The summed E-state index contributed by atoms with van der Waals surface area (Å²) in [6.07, 6.45) is 27.2. The summed E-state index contributed by atoms with van der Waals surface area (Å²) in [4.78, 5) is 10.7. The van der Waals surface area contributed by atoms with Gasteiger partial charge in [-0.15, -0.1) is 6.58 Å². The van der Waals surface area contributed by atoms with Gasteiger partial charge < -0.3 is 5.11 Å². The zero-order valence-electron chi connectivity index (χ0n) is 17.7. The van der Waals surface area contributed by atoms with Gasteiger partial charge in [0.25, 0.3) is 0 Å². The van der Waals surface area contributed by atoms with Crippen molar-refractivity contribution in [1.29, 1.82) is 0 Å². The molecule has 26 heavy (non-hydrogen) atoms. The molecule has 0 radical (unpaired) electrons. The lowest BCUT2D eigenvalue weighted by Crippen LogP contribution is -2.08. The van der Waals surface area contributed by atoms with Crippen LogP contribution in [-0.2, 0) is 4.79 Å². The van der Waals surface area contributed by atoms with Crippen molar-refractivity contribution in [2.75, 3.05) is 0 Å². The third-order valence-corrected chi connectivity index (χ3v) is 5.47. The largest absolute Gasteiger partial charge is 0.481 e. The number of aliphatic carboxylic acids is 1. The first-order valence-electron chi connectivity index (χ1n) is 11.5. The van der Waals surface area contributed by atoms with E-state index in [1.165, 1.54) is 109 Å². The van der Waals surface area contributed by atoms with E-state index < -0.39 is 5.97 Å². The first-order valence-corrected chi connectivity index (χ1v) is 11.5. The van der Waals surface area contributed by atoms with E-state index in [0.29, 0.717) is 0 Å². The molecule has 1 N–H and O–H groups in total. The molecule has 1 atom stereocenters. The molecular weight excluding hydrogens is 320 g/mol. The predicted octanol–water partition coefficient (Wildman–Crippen LogP) is 8.31. The minimum Gasteiger partial charge on any atom is -0.481 e. The Hall–Kier alpha value is -0.790. The number of carboxylic acid groups (broad SMARTS) is 1. The Kier molecular flexibility index (Phi) is 19.9. The second-order valence-electron chi connectivity index (χ2n) is 8.12. The minimum absolute atomic E-state index is 0.169. The second-order valence-corrected chi connectivity index (χ2v) is 8.12. The topological polar surface area (TPSA) is 37.3 Å². The smallest absolute Gasteiger partial charge is 0.306 e. The first-order chi connectivity index (χ1) is 12.7. The number of allylic oxidation sites excluding steroid dienone is 1. The van der Waals surface area contributed by atoms with Crippen molar-refractivity contribution in [3.05, 3.63) is 12.7 Å². The molecular formula is C24H46O2. The third kappa shape index (κ3) is 19.5. The van der Waals surface area contributed by atoms with Gasteiger partial charge in [-0.1, -0.05) is 116 Å². The summed E-state index contributed by atoms with van der Waals surface area (Å²) in [7, 11) is 0. The third-order valence-electron chi connectivity index (χ3n) is 5.47. The van der Waals surface area contributed by atoms with Gasteiger partial charge in [0.05, 0.1) is 5.92 Å². The Balaban J connectivity index is 3.05. The van der Waals surface area contributed by atoms with E-state index in [2.05, 4.69) is 6.58 Å². The van der Waals surface area contributed by atoms with Gasteiger partial charge in [-0.05, 0) is 19.3 Å². The van der Waals surface area contributed by atoms with E-state index in [9.17, 15) is 4.79 Å². The first kappa shape index (κ1) is 25.2. The summed E-state index contributed by atoms with van der Waals surface area (Å²) in [6, 6.07) is 0. The highest BCUT2D eigenvalue weighted by atomic mass is 16.4. The van der Waals surface area contributed by atoms with Gasteiger partial charge in [-0.3, -0.25) is 4.79 Å². The van der Waals surface area contributed by atoms with E-state index in [1.807, 2.05) is 13.0 Å². The lowest BCUT2D eigenvalue weighted by Gasteiger charge is -2.06. The van der Waals surface area contributed by atoms with E-state index >= 15 is 0 Å². The highest BCUT2D eigenvalue weighted by Gasteiger charge is 2.09. The van der Waals surface area contributed by atoms with Gasteiger partial charge in [-0.2, -0.15) is 0 Å². The van der Waals surface area contributed by atoms with Crippen molar-refractivity contribution in [3.8, 4) is 0 Å². The van der Waals surface area contributed by atoms with Crippen LogP contribution in [0.15, 0.2) is 12.7 Å². The summed E-state index contributed by atoms with van der Waals surface area (Å²) in [5.41, 5.74) is 0. The van der Waals surface area contributed by atoms with Crippen LogP contribution >= 0.6 is 0 Å². The van der Waals surface area contributed by atoms with Crippen molar-refractivity contribution in [2.24, 2.45) is 5.92 Å². The molecule has 0 spiro atoms. The Bertz CT molecular complexity index is 311. The summed E-state index contributed by atoms with van der Waals surface area (Å²) >= 11 is 0. The molecule has 0 amide bonds. The maximum absolute atomic E-state index is 10.7. The van der Waals surface area contributed by atoms with E-state index in [0.717, 1.165) is 12.8 Å². The molecule has 0 heterocycles. The summed E-state index contributed by atoms with van der Waals surface area (Å²) in [5, 5.41) is 8.83. The molecule has 0 aromatic rings. The molecule has 2 nitrogen and oxygen atoms in total. The summed E-state index contributed by atoms with van der Waals surface area (Å²) < 4.78 is 0. The number of hydrogen-bond acceptors (Lipinski definition) is 1. The standard InChI is InChI=1S/C24H46O2/c1-3-4-5-6-7-8-9-10-11-12-13-14-15-16-17-18-19-20-21-22-23(2)24(25)26/h3,23H,1,4-22H2,2H3,(H,25,26). The SMILES string of the molecule is C=CCCCCCCCCCCCCCCCCCCCC(C)C(=O)O. The van der Waals surface area contributed by atoms with Crippen LogP contribution in [0.2, 0.25) is 0 Å². The quantitative estimate of drug-likeness (QED) is 0.164. The van der Waals surface area contributed by atoms with E-state index in [-0.39, 0.29) is 5.92 Å². The molecule has 0 aromatic heterocycles. The number of carbonyl (C=O) groups is 1. The predicted molar refractivity (Wildman–Crippen MR) is 115 cm³/mol. The maximum Gasteiger partial charge on any atom is 0.306 e. The van der Waals surface area contributed by atoms with Crippen LogP contribution < -0.4 is 0 Å². The average Bonchev–Trinajstić information content (AvgIpc) is 2.63. The highest BCUT2D eigenvalue weighted by Crippen LogP contribution is 2.15. The molecule has 1 unspecified atom stereocenters. The molecule has 0 aliphatic rings. The summed E-state index contributed by atoms with van der Waals surface area (Å²) in [5.74, 6) is -0.818. The molecule has 0 aromatic carbocycles. The zero-order chi connectivity index (χ0) is 19.3. The number of hydrogen-bond donors (Lipinski definition) is 1. The van der Waals surface area contributed by atoms with Crippen LogP contribution in [-0.4, -0.2) is 11.1 Å². The highest BCUT2D eigenvalue weighted by molar-refractivity contribution is 5.69. The minimum atomic E-state index is -0.649. The van der Waals surface area contributed by atoms with Gasteiger partial charge in [0.1, 0.15) is 0 Å². The normalized spacial score (nSPS) is 12.2.